The molecule has 1 aromatic carbocycles. The number of nitrogens with zero attached hydrogens (tertiary/aromatic N) is 1. The summed E-state index contributed by atoms with van der Waals surface area (Å²) in [6.45, 7) is 8.30. The molecule has 1 fully saturated rings. The van der Waals surface area contributed by atoms with Gasteiger partial charge in [0.25, 0.3) is 0 Å². The van der Waals surface area contributed by atoms with Gasteiger partial charge in [-0.1, -0.05) is 17.4 Å². The number of ether oxygens (including phenoxy) is 1. The Morgan fingerprint density at radius 3 is 2.74 bits per heavy atom. The maximum Gasteiger partial charge on any atom is 0.165 e. The van der Waals surface area contributed by atoms with Gasteiger partial charge >= 0.3 is 0 Å². The molecule has 23 heavy (non-hydrogen) atoms. The molecule has 0 saturated heterocycles. The van der Waals surface area contributed by atoms with E-state index in [1.54, 1.807) is 18.3 Å². The molecule has 1 unspecified atom stereocenters. The first-order valence-electron chi connectivity index (χ1n) is 8.13. The van der Waals surface area contributed by atoms with Crippen LogP contribution in [-0.2, 0) is 17.8 Å². The molecule has 0 heterocycles. The van der Waals surface area contributed by atoms with E-state index in [0.29, 0.717) is 24.7 Å². The molecule has 0 aromatic heterocycles. The van der Waals surface area contributed by atoms with Crippen LogP contribution in [0.4, 0.5) is 4.39 Å². The van der Waals surface area contributed by atoms with Crippen LogP contribution in [0, 0.1) is 17.7 Å². The van der Waals surface area contributed by atoms with Gasteiger partial charge in [-0.3, -0.25) is 0 Å². The van der Waals surface area contributed by atoms with Crippen molar-refractivity contribution in [3.8, 4) is 5.75 Å². The van der Waals surface area contributed by atoms with Gasteiger partial charge in [0.05, 0.1) is 12.8 Å². The summed E-state index contributed by atoms with van der Waals surface area (Å²) in [7, 11) is 0. The van der Waals surface area contributed by atoms with Crippen LogP contribution in [0.5, 0.6) is 5.75 Å². The van der Waals surface area contributed by atoms with Crippen molar-refractivity contribution in [2.45, 2.75) is 51.7 Å². The maximum atomic E-state index is 13.8. The van der Waals surface area contributed by atoms with E-state index in [2.05, 4.69) is 4.40 Å². The van der Waals surface area contributed by atoms with Gasteiger partial charge in [0.15, 0.2) is 11.6 Å². The Morgan fingerprint density at radius 2 is 2.13 bits per heavy atom. The minimum absolute atomic E-state index is 0.128. The Morgan fingerprint density at radius 1 is 1.43 bits per heavy atom. The molecule has 1 saturated carbocycles. The van der Waals surface area contributed by atoms with Crippen LogP contribution in [0.3, 0.4) is 0 Å². The summed E-state index contributed by atoms with van der Waals surface area (Å²) < 4.78 is 35.0. The van der Waals surface area contributed by atoms with Gasteiger partial charge in [-0.05, 0) is 69.6 Å². The van der Waals surface area contributed by atoms with E-state index in [0.717, 1.165) is 5.56 Å². The normalized spacial score (nSPS) is 18.2. The standard InChI is InChI=1S/C18H26FNO2S/c1-13(11-20-23(21)18(2,3)4)9-15-7-8-16(19)17(10-15)22-12-14-5-6-14/h7-8,10-11,13-14H,5-6,9,12H2,1-4H3/t13-,23?/m0/s1. The largest absolute Gasteiger partial charge is 0.591 e. The lowest BCUT2D eigenvalue weighted by Gasteiger charge is -2.18. The van der Waals surface area contributed by atoms with Crippen molar-refractivity contribution in [1.29, 1.82) is 0 Å². The summed E-state index contributed by atoms with van der Waals surface area (Å²) in [5.74, 6) is 0.737. The minimum atomic E-state index is -1.24. The van der Waals surface area contributed by atoms with Crippen molar-refractivity contribution >= 4 is 17.6 Å². The zero-order chi connectivity index (χ0) is 17.0. The molecule has 0 bridgehead atoms. The van der Waals surface area contributed by atoms with Crippen LogP contribution in [0.15, 0.2) is 22.6 Å². The first-order chi connectivity index (χ1) is 10.8. The lowest BCUT2D eigenvalue weighted by molar-refractivity contribution is 0.285. The number of benzene rings is 1. The Labute approximate surface area is 141 Å². The highest BCUT2D eigenvalue weighted by molar-refractivity contribution is 7.91. The van der Waals surface area contributed by atoms with E-state index in [4.69, 9.17) is 4.74 Å². The van der Waals surface area contributed by atoms with Crippen LogP contribution in [0.25, 0.3) is 0 Å². The van der Waals surface area contributed by atoms with Gasteiger partial charge in [0.2, 0.25) is 0 Å². The van der Waals surface area contributed by atoms with Crippen molar-refractivity contribution in [3.05, 3.63) is 29.6 Å². The van der Waals surface area contributed by atoms with Gasteiger partial charge in [0.1, 0.15) is 16.1 Å². The van der Waals surface area contributed by atoms with E-state index < -0.39 is 11.4 Å². The Bertz CT molecular complexity index is 552. The molecule has 2 rings (SSSR count). The molecule has 0 N–H and O–H groups in total. The molecule has 1 aliphatic rings. The summed E-state index contributed by atoms with van der Waals surface area (Å²) in [6, 6.07) is 4.99. The molecule has 2 atom stereocenters. The van der Waals surface area contributed by atoms with Crippen LogP contribution in [-0.4, -0.2) is 22.1 Å². The second-order valence-corrected chi connectivity index (χ2v) is 9.25. The molecule has 5 heteroatoms. The molecule has 0 amide bonds. The molecule has 1 aromatic rings. The smallest absolute Gasteiger partial charge is 0.165 e. The summed E-state index contributed by atoms with van der Waals surface area (Å²) >= 11 is -1.24. The van der Waals surface area contributed by atoms with Gasteiger partial charge in [-0.2, -0.15) is 0 Å². The summed E-state index contributed by atoms with van der Waals surface area (Å²) in [5.41, 5.74) is 0.998. The monoisotopic (exact) mass is 339 g/mol. The lowest BCUT2D eigenvalue weighted by atomic mass is 10.0. The first-order valence-corrected chi connectivity index (χ1v) is 9.24. The van der Waals surface area contributed by atoms with E-state index in [-0.39, 0.29) is 16.5 Å². The third-order valence-corrected chi connectivity index (χ3v) is 5.02. The second-order valence-electron chi connectivity index (χ2n) is 7.32. The van der Waals surface area contributed by atoms with E-state index in [1.807, 2.05) is 27.7 Å². The van der Waals surface area contributed by atoms with E-state index >= 15 is 0 Å². The summed E-state index contributed by atoms with van der Waals surface area (Å²) in [5, 5.41) is 0. The molecule has 128 valence electrons. The van der Waals surface area contributed by atoms with E-state index in [9.17, 15) is 8.94 Å². The Hall–Kier alpha value is -1.07. The van der Waals surface area contributed by atoms with Crippen molar-refractivity contribution in [2.24, 2.45) is 16.2 Å². The van der Waals surface area contributed by atoms with Gasteiger partial charge < -0.3 is 9.29 Å². The molecule has 3 nitrogen and oxygen atoms in total. The van der Waals surface area contributed by atoms with Crippen molar-refractivity contribution < 1.29 is 13.7 Å². The van der Waals surface area contributed by atoms with E-state index in [1.165, 1.54) is 18.9 Å². The fraction of sp³-hybridized carbons (Fsp3) is 0.611. The Balaban J connectivity index is 1.93. The van der Waals surface area contributed by atoms with Crippen molar-refractivity contribution in [3.63, 3.8) is 0 Å². The fourth-order valence-electron chi connectivity index (χ4n) is 2.02. The molecule has 0 spiro atoms. The van der Waals surface area contributed by atoms with Crippen LogP contribution in [0.1, 0.15) is 46.1 Å². The lowest BCUT2D eigenvalue weighted by Crippen LogP contribution is -2.26. The van der Waals surface area contributed by atoms with Crippen LogP contribution in [0.2, 0.25) is 0 Å². The predicted molar refractivity (Wildman–Crippen MR) is 93.9 cm³/mol. The fourth-order valence-corrected chi connectivity index (χ4v) is 2.65. The first kappa shape index (κ1) is 18.3. The van der Waals surface area contributed by atoms with Gasteiger partial charge in [0, 0.05) is 0 Å². The van der Waals surface area contributed by atoms with Gasteiger partial charge in [-0.25, -0.2) is 4.39 Å². The van der Waals surface area contributed by atoms with Crippen molar-refractivity contribution in [2.75, 3.05) is 6.61 Å². The zero-order valence-electron chi connectivity index (χ0n) is 14.3. The molecule has 1 aliphatic carbocycles. The highest BCUT2D eigenvalue weighted by Gasteiger charge is 2.26. The number of hydrogen-bond donors (Lipinski definition) is 0. The van der Waals surface area contributed by atoms with Crippen molar-refractivity contribution in [1.82, 2.24) is 0 Å². The number of halogens is 1. The summed E-state index contributed by atoms with van der Waals surface area (Å²) in [4.78, 5) is 0. The third kappa shape index (κ3) is 6.15. The van der Waals surface area contributed by atoms with Gasteiger partial charge in [-0.15, -0.1) is 0 Å². The average Bonchev–Trinajstić information content (AvgIpc) is 3.28. The highest BCUT2D eigenvalue weighted by atomic mass is 32.2. The zero-order valence-corrected chi connectivity index (χ0v) is 15.2. The topological polar surface area (TPSA) is 44.7 Å². The second kappa shape index (κ2) is 7.67. The Kier molecular flexibility index (Phi) is 6.09. The SMILES string of the molecule is C[C@H](C=N[S+]([O-])C(C)(C)C)Cc1ccc(F)c(OCC2CC2)c1. The third-order valence-electron chi connectivity index (χ3n) is 3.66. The highest BCUT2D eigenvalue weighted by Crippen LogP contribution is 2.30. The minimum Gasteiger partial charge on any atom is -0.591 e. The van der Waals surface area contributed by atoms with Crippen LogP contribution < -0.4 is 4.74 Å². The molecular formula is C18H26FNO2S. The molecule has 0 radical (unpaired) electrons. The average molecular weight is 339 g/mol. The predicted octanol–water partition coefficient (Wildman–Crippen LogP) is 4.33. The number of hydrogen-bond acceptors (Lipinski definition) is 3. The quantitative estimate of drug-likeness (QED) is 0.548. The maximum absolute atomic E-state index is 13.8. The molecular weight excluding hydrogens is 313 g/mol. The number of rotatable bonds is 7. The summed E-state index contributed by atoms with van der Waals surface area (Å²) in [6.07, 6.45) is 4.81. The van der Waals surface area contributed by atoms with Crippen LogP contribution >= 0.6 is 0 Å². The molecule has 0 aliphatic heterocycles.